The lowest BCUT2D eigenvalue weighted by Gasteiger charge is -2.16. The summed E-state index contributed by atoms with van der Waals surface area (Å²) in [7, 11) is -2.32. The highest BCUT2D eigenvalue weighted by molar-refractivity contribution is 7.87. The van der Waals surface area contributed by atoms with Gasteiger partial charge in [0.05, 0.1) is 6.42 Å². The molecule has 0 aromatic rings. The van der Waals surface area contributed by atoms with E-state index in [0.29, 0.717) is 6.42 Å². The second-order valence-corrected chi connectivity index (χ2v) is 4.80. The van der Waals surface area contributed by atoms with Gasteiger partial charge >= 0.3 is 5.97 Å². The van der Waals surface area contributed by atoms with Gasteiger partial charge in [-0.05, 0) is 6.42 Å². The van der Waals surface area contributed by atoms with Crippen LogP contribution in [0.5, 0.6) is 0 Å². The molecule has 15 heavy (non-hydrogen) atoms. The van der Waals surface area contributed by atoms with Gasteiger partial charge in [0, 0.05) is 26.7 Å². The molecular formula is C7H16N2O5S. The molecule has 0 atom stereocenters. The van der Waals surface area contributed by atoms with Crippen LogP contribution in [0.15, 0.2) is 0 Å². The maximum Gasteiger partial charge on any atom is 0.304 e. The molecule has 0 fully saturated rings. The molecule has 0 bridgehead atoms. The van der Waals surface area contributed by atoms with Crippen LogP contribution in [-0.4, -0.2) is 55.6 Å². The summed E-state index contributed by atoms with van der Waals surface area (Å²) in [5.41, 5.74) is 0. The van der Waals surface area contributed by atoms with E-state index in [-0.39, 0.29) is 26.1 Å². The fourth-order valence-corrected chi connectivity index (χ4v) is 1.72. The number of nitrogens with one attached hydrogen (secondary N) is 1. The lowest BCUT2D eigenvalue weighted by atomic mass is 10.4. The van der Waals surface area contributed by atoms with Crippen molar-refractivity contribution in [2.45, 2.75) is 12.8 Å². The van der Waals surface area contributed by atoms with E-state index in [4.69, 9.17) is 10.2 Å². The van der Waals surface area contributed by atoms with E-state index < -0.39 is 16.2 Å². The lowest BCUT2D eigenvalue weighted by molar-refractivity contribution is -0.137. The largest absolute Gasteiger partial charge is 0.481 e. The van der Waals surface area contributed by atoms with Crippen LogP contribution in [0.2, 0.25) is 0 Å². The molecule has 0 aromatic heterocycles. The maximum atomic E-state index is 11.4. The number of aliphatic hydroxyl groups excluding tert-OH is 1. The zero-order chi connectivity index (χ0) is 11.9. The van der Waals surface area contributed by atoms with Crippen LogP contribution >= 0.6 is 0 Å². The van der Waals surface area contributed by atoms with E-state index in [1.165, 1.54) is 7.05 Å². The highest BCUT2D eigenvalue weighted by Gasteiger charge is 2.17. The lowest BCUT2D eigenvalue weighted by Crippen LogP contribution is -2.39. The van der Waals surface area contributed by atoms with Crippen LogP contribution in [0.25, 0.3) is 0 Å². The van der Waals surface area contributed by atoms with Crippen molar-refractivity contribution in [3.8, 4) is 0 Å². The molecule has 0 aromatic carbocycles. The molecule has 0 aliphatic carbocycles. The Balaban J connectivity index is 4.03. The smallest absolute Gasteiger partial charge is 0.304 e. The summed E-state index contributed by atoms with van der Waals surface area (Å²) >= 11 is 0. The Morgan fingerprint density at radius 2 is 2.07 bits per heavy atom. The second-order valence-electron chi connectivity index (χ2n) is 2.94. The molecule has 8 heteroatoms. The molecule has 0 unspecified atom stereocenters. The molecule has 0 heterocycles. The number of aliphatic hydroxyl groups is 1. The number of nitrogens with zero attached hydrogens (tertiary/aromatic N) is 1. The van der Waals surface area contributed by atoms with Crippen molar-refractivity contribution in [2.75, 3.05) is 26.7 Å². The van der Waals surface area contributed by atoms with E-state index in [1.807, 2.05) is 0 Å². The fraction of sp³-hybridized carbons (Fsp3) is 0.857. The van der Waals surface area contributed by atoms with E-state index >= 15 is 0 Å². The van der Waals surface area contributed by atoms with Crippen molar-refractivity contribution in [3.05, 3.63) is 0 Å². The van der Waals surface area contributed by atoms with Gasteiger partial charge in [0.25, 0.3) is 10.2 Å². The van der Waals surface area contributed by atoms with Gasteiger partial charge in [-0.1, -0.05) is 0 Å². The minimum absolute atomic E-state index is 0.0796. The van der Waals surface area contributed by atoms with Gasteiger partial charge in [0.2, 0.25) is 0 Å². The van der Waals surface area contributed by atoms with E-state index in [9.17, 15) is 13.2 Å². The van der Waals surface area contributed by atoms with Crippen molar-refractivity contribution >= 4 is 16.2 Å². The predicted molar refractivity (Wildman–Crippen MR) is 53.5 cm³/mol. The van der Waals surface area contributed by atoms with Crippen LogP contribution < -0.4 is 4.72 Å². The Bertz CT molecular complexity index is 290. The molecule has 0 aliphatic heterocycles. The van der Waals surface area contributed by atoms with Crippen molar-refractivity contribution < 1.29 is 23.4 Å². The molecule has 0 rings (SSSR count). The van der Waals surface area contributed by atoms with Crippen LogP contribution in [-0.2, 0) is 15.0 Å². The molecule has 0 spiro atoms. The molecule has 0 amide bonds. The zero-order valence-corrected chi connectivity index (χ0v) is 9.33. The summed E-state index contributed by atoms with van der Waals surface area (Å²) in [6.45, 7) is -0.0403. The van der Waals surface area contributed by atoms with Crippen LogP contribution in [0.4, 0.5) is 0 Å². The average molecular weight is 240 g/mol. The van der Waals surface area contributed by atoms with Crippen LogP contribution in [0.1, 0.15) is 12.8 Å². The first-order valence-corrected chi connectivity index (χ1v) is 5.87. The third kappa shape index (κ3) is 6.39. The highest BCUT2D eigenvalue weighted by Crippen LogP contribution is 1.95. The van der Waals surface area contributed by atoms with Gasteiger partial charge in [-0.2, -0.15) is 12.7 Å². The third-order valence-corrected chi connectivity index (χ3v) is 3.24. The number of aliphatic carboxylic acids is 1. The van der Waals surface area contributed by atoms with E-state index in [0.717, 1.165) is 4.31 Å². The first kappa shape index (κ1) is 14.3. The molecule has 0 aliphatic rings. The number of carboxylic acid groups (broad SMARTS) is 1. The summed E-state index contributed by atoms with van der Waals surface area (Å²) in [5.74, 6) is -1.05. The van der Waals surface area contributed by atoms with Gasteiger partial charge in [0.1, 0.15) is 0 Å². The first-order chi connectivity index (χ1) is 6.90. The van der Waals surface area contributed by atoms with Gasteiger partial charge in [-0.25, -0.2) is 4.72 Å². The third-order valence-electron chi connectivity index (χ3n) is 1.67. The zero-order valence-electron chi connectivity index (χ0n) is 8.51. The Hall–Kier alpha value is -0.700. The summed E-state index contributed by atoms with van der Waals surface area (Å²) < 4.78 is 25.9. The van der Waals surface area contributed by atoms with Gasteiger partial charge in [-0.3, -0.25) is 4.79 Å². The van der Waals surface area contributed by atoms with E-state index in [2.05, 4.69) is 4.72 Å². The highest BCUT2D eigenvalue weighted by atomic mass is 32.2. The van der Waals surface area contributed by atoms with Gasteiger partial charge < -0.3 is 10.2 Å². The van der Waals surface area contributed by atoms with Crippen molar-refractivity contribution in [2.24, 2.45) is 0 Å². The SMILES string of the molecule is CN(CCC(=O)O)S(=O)(=O)NCCCO. The monoisotopic (exact) mass is 240 g/mol. The molecule has 7 nitrogen and oxygen atoms in total. The number of carbonyl (C=O) groups is 1. The molecular weight excluding hydrogens is 224 g/mol. The Labute approximate surface area is 88.9 Å². The first-order valence-electron chi connectivity index (χ1n) is 4.43. The van der Waals surface area contributed by atoms with Crippen LogP contribution in [0, 0.1) is 0 Å². The molecule has 90 valence electrons. The van der Waals surface area contributed by atoms with Gasteiger partial charge in [0.15, 0.2) is 0 Å². The number of rotatable bonds is 8. The summed E-state index contributed by atoms with van der Waals surface area (Å²) in [5, 5.41) is 16.8. The fourth-order valence-electron chi connectivity index (χ4n) is 0.764. The summed E-state index contributed by atoms with van der Waals surface area (Å²) in [6, 6.07) is 0. The van der Waals surface area contributed by atoms with Gasteiger partial charge in [-0.15, -0.1) is 0 Å². The number of hydrogen-bond acceptors (Lipinski definition) is 4. The number of hydrogen-bond donors (Lipinski definition) is 3. The van der Waals surface area contributed by atoms with E-state index in [1.54, 1.807) is 0 Å². The molecule has 0 saturated carbocycles. The molecule has 0 radical (unpaired) electrons. The Morgan fingerprint density at radius 1 is 1.47 bits per heavy atom. The maximum absolute atomic E-state index is 11.4. The number of carboxylic acids is 1. The Morgan fingerprint density at radius 3 is 2.53 bits per heavy atom. The van der Waals surface area contributed by atoms with Crippen LogP contribution in [0.3, 0.4) is 0 Å². The predicted octanol–water partition coefficient (Wildman–Crippen LogP) is -1.39. The Kier molecular flexibility index (Phi) is 6.41. The minimum atomic E-state index is -3.62. The van der Waals surface area contributed by atoms with Crippen molar-refractivity contribution in [1.29, 1.82) is 0 Å². The van der Waals surface area contributed by atoms with Crippen molar-refractivity contribution in [3.63, 3.8) is 0 Å². The molecule has 0 saturated heterocycles. The minimum Gasteiger partial charge on any atom is -0.481 e. The van der Waals surface area contributed by atoms with Crippen molar-refractivity contribution in [1.82, 2.24) is 9.03 Å². The standard InChI is InChI=1S/C7H16N2O5S/c1-9(5-3-7(11)12)15(13,14)8-4-2-6-10/h8,10H,2-6H2,1H3,(H,11,12). The summed E-state index contributed by atoms with van der Waals surface area (Å²) in [6.07, 6.45) is 0.0867. The average Bonchev–Trinajstić information content (AvgIpc) is 2.14. The normalized spacial score (nSPS) is 11.9. The topological polar surface area (TPSA) is 107 Å². The second kappa shape index (κ2) is 6.72. The molecule has 3 N–H and O–H groups in total. The summed E-state index contributed by atoms with van der Waals surface area (Å²) in [4.78, 5) is 10.2. The quantitative estimate of drug-likeness (QED) is 0.453.